The summed E-state index contributed by atoms with van der Waals surface area (Å²) in [4.78, 5) is 2.43. The molecule has 0 aliphatic rings. The molecule has 3 heteroatoms. The molecule has 0 N–H and O–H groups in total. The summed E-state index contributed by atoms with van der Waals surface area (Å²) < 4.78 is 8.97. The van der Waals surface area contributed by atoms with Crippen LogP contribution >= 0.6 is 0 Å². The fourth-order valence-electron chi connectivity index (χ4n) is 8.39. The molecule has 2 heterocycles. The monoisotopic (exact) mass is 676 g/mol. The van der Waals surface area contributed by atoms with Gasteiger partial charge in [-0.05, 0) is 94.0 Å². The summed E-state index contributed by atoms with van der Waals surface area (Å²) in [6.45, 7) is 0. The number of para-hydroxylation sites is 2. The van der Waals surface area contributed by atoms with Gasteiger partial charge in [0.15, 0.2) is 0 Å². The predicted molar refractivity (Wildman–Crippen MR) is 223 cm³/mol. The van der Waals surface area contributed by atoms with E-state index in [9.17, 15) is 0 Å². The van der Waals surface area contributed by atoms with E-state index in [1.54, 1.807) is 0 Å². The van der Waals surface area contributed by atoms with E-state index in [4.69, 9.17) is 4.42 Å². The summed E-state index contributed by atoms with van der Waals surface area (Å²) in [5, 5.41) is 9.39. The van der Waals surface area contributed by atoms with Gasteiger partial charge in [-0.1, -0.05) is 127 Å². The van der Waals surface area contributed by atoms with E-state index in [1.165, 1.54) is 43.6 Å². The van der Waals surface area contributed by atoms with Gasteiger partial charge in [-0.25, -0.2) is 0 Å². The topological polar surface area (TPSA) is 21.3 Å². The minimum Gasteiger partial charge on any atom is -0.455 e. The minimum absolute atomic E-state index is 0.878. The van der Waals surface area contributed by atoms with Crippen LogP contribution in [0.15, 0.2) is 199 Å². The molecule has 2 aromatic heterocycles. The van der Waals surface area contributed by atoms with Crippen molar-refractivity contribution in [2.24, 2.45) is 0 Å². The van der Waals surface area contributed by atoms with Crippen LogP contribution in [0.25, 0.3) is 82.1 Å². The van der Waals surface area contributed by atoms with Crippen molar-refractivity contribution in [3.63, 3.8) is 0 Å². The highest BCUT2D eigenvalue weighted by Gasteiger charge is 2.22. The van der Waals surface area contributed by atoms with Gasteiger partial charge in [0.2, 0.25) is 0 Å². The fraction of sp³-hybridized carbons (Fsp3) is 0. The maximum atomic E-state index is 6.59. The molecular formula is C50H32N2O. The van der Waals surface area contributed by atoms with Crippen molar-refractivity contribution in [2.75, 3.05) is 4.90 Å². The zero-order chi connectivity index (χ0) is 34.9. The van der Waals surface area contributed by atoms with Gasteiger partial charge in [0.1, 0.15) is 11.2 Å². The SMILES string of the molecule is c1ccc(-n2c3ccccc3c3c(N(c4cccc(-c5cccc6ccccc56)c4)c4ccc5oc6c7ccccc7ccc6c5c4)cccc32)cc1. The average Bonchev–Trinajstić information content (AvgIpc) is 3.77. The standard InChI is InChI=1S/C50H32N2O/c1-2-17-36(18-3-1)52-45-24-9-8-22-43(45)49-46(25-12-26-47(49)52)51(37-19-10-16-35(31-37)40-23-11-15-33-13-4-6-20-39(33)40)38-28-30-48-44(32-38)42-29-27-34-14-5-7-21-41(34)50(42)53-48/h1-32H. The van der Waals surface area contributed by atoms with Crippen LogP contribution in [0.5, 0.6) is 0 Å². The second kappa shape index (κ2) is 11.7. The minimum atomic E-state index is 0.878. The molecule has 0 saturated carbocycles. The van der Waals surface area contributed by atoms with Crippen LogP contribution in [0.4, 0.5) is 17.1 Å². The van der Waals surface area contributed by atoms with Gasteiger partial charge in [0, 0.05) is 44.0 Å². The summed E-state index contributed by atoms with van der Waals surface area (Å²) in [6, 6.07) is 69.8. The van der Waals surface area contributed by atoms with Crippen molar-refractivity contribution in [1.29, 1.82) is 0 Å². The van der Waals surface area contributed by atoms with E-state index < -0.39 is 0 Å². The molecule has 0 spiro atoms. The maximum absolute atomic E-state index is 6.59. The molecule has 0 atom stereocenters. The molecule has 0 aliphatic carbocycles. The number of fused-ring (bicyclic) bond motifs is 9. The van der Waals surface area contributed by atoms with Gasteiger partial charge < -0.3 is 13.9 Å². The second-order valence-electron chi connectivity index (χ2n) is 13.7. The smallest absolute Gasteiger partial charge is 0.143 e. The quantitative estimate of drug-likeness (QED) is 0.181. The number of furan rings is 1. The molecule has 0 fully saturated rings. The van der Waals surface area contributed by atoms with Crippen molar-refractivity contribution in [2.45, 2.75) is 0 Å². The molecule has 0 amide bonds. The number of hydrogen-bond acceptors (Lipinski definition) is 2. The molecule has 53 heavy (non-hydrogen) atoms. The lowest BCUT2D eigenvalue weighted by atomic mass is 9.97. The summed E-state index contributed by atoms with van der Waals surface area (Å²) in [6.07, 6.45) is 0. The first-order chi connectivity index (χ1) is 26.3. The van der Waals surface area contributed by atoms with E-state index in [1.807, 2.05) is 0 Å². The lowest BCUT2D eigenvalue weighted by Gasteiger charge is -2.27. The van der Waals surface area contributed by atoms with Crippen LogP contribution < -0.4 is 4.90 Å². The highest BCUT2D eigenvalue weighted by Crippen LogP contribution is 2.46. The molecule has 0 radical (unpaired) electrons. The van der Waals surface area contributed by atoms with E-state index in [0.29, 0.717) is 0 Å². The van der Waals surface area contributed by atoms with Gasteiger partial charge in [-0.15, -0.1) is 0 Å². The number of nitrogens with zero attached hydrogens (tertiary/aromatic N) is 2. The van der Waals surface area contributed by atoms with Crippen molar-refractivity contribution < 1.29 is 4.42 Å². The molecule has 11 aromatic rings. The number of aromatic nitrogens is 1. The Morgan fingerprint density at radius 1 is 0.415 bits per heavy atom. The highest BCUT2D eigenvalue weighted by molar-refractivity contribution is 6.18. The fourth-order valence-corrected chi connectivity index (χ4v) is 8.39. The van der Waals surface area contributed by atoms with Crippen molar-refractivity contribution in [3.05, 3.63) is 194 Å². The molecular weight excluding hydrogens is 645 g/mol. The summed E-state index contributed by atoms with van der Waals surface area (Å²) >= 11 is 0. The average molecular weight is 677 g/mol. The van der Waals surface area contributed by atoms with Crippen molar-refractivity contribution >= 4 is 82.4 Å². The molecule has 0 saturated heterocycles. The van der Waals surface area contributed by atoms with Crippen LogP contribution in [0.2, 0.25) is 0 Å². The van der Waals surface area contributed by atoms with Gasteiger partial charge in [-0.3, -0.25) is 0 Å². The van der Waals surface area contributed by atoms with Crippen LogP contribution in [-0.2, 0) is 0 Å². The zero-order valence-corrected chi connectivity index (χ0v) is 28.8. The van der Waals surface area contributed by atoms with E-state index >= 15 is 0 Å². The molecule has 11 rings (SSSR count). The predicted octanol–water partition coefficient (Wildman–Crippen LogP) is 14.1. The number of anilines is 3. The molecule has 0 unspecified atom stereocenters. The highest BCUT2D eigenvalue weighted by atomic mass is 16.3. The Labute approximate surface area is 306 Å². The molecule has 248 valence electrons. The van der Waals surface area contributed by atoms with E-state index in [-0.39, 0.29) is 0 Å². The second-order valence-corrected chi connectivity index (χ2v) is 13.7. The van der Waals surface area contributed by atoms with Gasteiger partial charge >= 0.3 is 0 Å². The third-order valence-corrected chi connectivity index (χ3v) is 10.7. The Kier molecular flexibility index (Phi) is 6.55. The number of rotatable bonds is 5. The lowest BCUT2D eigenvalue weighted by molar-refractivity contribution is 0.672. The van der Waals surface area contributed by atoms with Gasteiger partial charge in [-0.2, -0.15) is 0 Å². The summed E-state index contributed by atoms with van der Waals surface area (Å²) in [5.41, 5.74) is 10.9. The van der Waals surface area contributed by atoms with Crippen LogP contribution in [-0.4, -0.2) is 4.57 Å². The van der Waals surface area contributed by atoms with Gasteiger partial charge in [0.05, 0.1) is 16.7 Å². The molecule has 9 aromatic carbocycles. The maximum Gasteiger partial charge on any atom is 0.143 e. The zero-order valence-electron chi connectivity index (χ0n) is 28.8. The van der Waals surface area contributed by atoms with Gasteiger partial charge in [0.25, 0.3) is 0 Å². The third-order valence-electron chi connectivity index (χ3n) is 10.7. The first-order valence-corrected chi connectivity index (χ1v) is 18.1. The van der Waals surface area contributed by atoms with Crippen LogP contribution in [0.3, 0.4) is 0 Å². The summed E-state index contributed by atoms with van der Waals surface area (Å²) in [7, 11) is 0. The Hall–Kier alpha value is -7.10. The van der Waals surface area contributed by atoms with Crippen LogP contribution in [0, 0.1) is 0 Å². The Morgan fingerprint density at radius 2 is 1.09 bits per heavy atom. The molecule has 0 aliphatic heterocycles. The molecule has 3 nitrogen and oxygen atoms in total. The van der Waals surface area contributed by atoms with Crippen molar-refractivity contribution in [3.8, 4) is 16.8 Å². The van der Waals surface area contributed by atoms with Crippen molar-refractivity contribution in [1.82, 2.24) is 4.57 Å². The Bertz CT molecular complexity index is 3180. The number of benzene rings is 9. The Morgan fingerprint density at radius 3 is 1.98 bits per heavy atom. The first-order valence-electron chi connectivity index (χ1n) is 18.1. The number of hydrogen-bond donors (Lipinski definition) is 0. The largest absolute Gasteiger partial charge is 0.455 e. The van der Waals surface area contributed by atoms with E-state index in [0.717, 1.165) is 55.6 Å². The van der Waals surface area contributed by atoms with E-state index in [2.05, 4.69) is 204 Å². The Balaban J connectivity index is 1.20. The summed E-state index contributed by atoms with van der Waals surface area (Å²) in [5.74, 6) is 0. The lowest BCUT2D eigenvalue weighted by Crippen LogP contribution is -2.10. The third kappa shape index (κ3) is 4.61. The molecule has 0 bridgehead atoms. The normalized spacial score (nSPS) is 11.8. The first kappa shape index (κ1) is 29.6. The van der Waals surface area contributed by atoms with Crippen LogP contribution in [0.1, 0.15) is 0 Å².